The SMILES string of the molecule is CC[C@@H](NC(=O)c1cc(COc2cccc(F)c2)[nH]n1)c1nc(C)no1. The highest BCUT2D eigenvalue weighted by atomic mass is 19.1. The summed E-state index contributed by atoms with van der Waals surface area (Å²) < 4.78 is 23.7. The van der Waals surface area contributed by atoms with Crippen LogP contribution in [0.5, 0.6) is 5.75 Å². The number of rotatable bonds is 7. The molecule has 0 fully saturated rings. The van der Waals surface area contributed by atoms with E-state index in [1.54, 1.807) is 25.1 Å². The van der Waals surface area contributed by atoms with Crippen LogP contribution >= 0.6 is 0 Å². The van der Waals surface area contributed by atoms with Crippen LogP contribution in [0.1, 0.15) is 47.3 Å². The summed E-state index contributed by atoms with van der Waals surface area (Å²) in [5.41, 5.74) is 0.790. The Balaban J connectivity index is 1.60. The molecule has 1 aromatic carbocycles. The molecule has 3 aromatic rings. The molecule has 0 aliphatic carbocycles. The van der Waals surface area contributed by atoms with Gasteiger partial charge in [-0.2, -0.15) is 10.1 Å². The molecule has 26 heavy (non-hydrogen) atoms. The van der Waals surface area contributed by atoms with E-state index in [9.17, 15) is 9.18 Å². The number of nitrogens with zero attached hydrogens (tertiary/aromatic N) is 3. The van der Waals surface area contributed by atoms with Crippen molar-refractivity contribution in [2.45, 2.75) is 32.9 Å². The monoisotopic (exact) mass is 359 g/mol. The van der Waals surface area contributed by atoms with Crippen LogP contribution in [0.4, 0.5) is 4.39 Å². The number of H-pyrrole nitrogens is 1. The highest BCUT2D eigenvalue weighted by Crippen LogP contribution is 2.16. The molecule has 9 heteroatoms. The predicted molar refractivity (Wildman–Crippen MR) is 88.9 cm³/mol. The van der Waals surface area contributed by atoms with E-state index in [4.69, 9.17) is 9.26 Å². The summed E-state index contributed by atoms with van der Waals surface area (Å²) in [6, 6.07) is 6.99. The minimum atomic E-state index is -0.396. The summed E-state index contributed by atoms with van der Waals surface area (Å²) in [4.78, 5) is 16.5. The third-order valence-corrected chi connectivity index (χ3v) is 3.61. The van der Waals surface area contributed by atoms with Gasteiger partial charge in [0.25, 0.3) is 5.91 Å². The number of ether oxygens (including phenoxy) is 1. The van der Waals surface area contributed by atoms with Gasteiger partial charge in [0.2, 0.25) is 5.89 Å². The fourth-order valence-electron chi connectivity index (χ4n) is 2.30. The molecule has 3 rings (SSSR count). The molecular weight excluding hydrogens is 341 g/mol. The number of nitrogens with one attached hydrogen (secondary N) is 2. The number of amides is 1. The lowest BCUT2D eigenvalue weighted by atomic mass is 10.2. The molecule has 0 aliphatic heterocycles. The number of benzene rings is 1. The van der Waals surface area contributed by atoms with E-state index in [1.807, 2.05) is 6.92 Å². The normalized spacial score (nSPS) is 12.0. The standard InChI is InChI=1S/C17H18FN5O3/c1-3-14(17-19-10(2)23-26-17)20-16(24)15-8-12(21-22-15)9-25-13-6-4-5-11(18)7-13/h4-8,14H,3,9H2,1-2H3,(H,20,24)(H,21,22)/t14-/m1/s1. The van der Waals surface area contributed by atoms with E-state index >= 15 is 0 Å². The lowest BCUT2D eigenvalue weighted by Crippen LogP contribution is -2.28. The van der Waals surface area contributed by atoms with Gasteiger partial charge in [0, 0.05) is 6.07 Å². The quantitative estimate of drug-likeness (QED) is 0.672. The fourth-order valence-corrected chi connectivity index (χ4v) is 2.30. The van der Waals surface area contributed by atoms with E-state index in [1.165, 1.54) is 12.1 Å². The van der Waals surface area contributed by atoms with Gasteiger partial charge in [-0.3, -0.25) is 9.89 Å². The van der Waals surface area contributed by atoms with Crippen LogP contribution in [0.25, 0.3) is 0 Å². The number of carbonyl (C=O) groups excluding carboxylic acids is 1. The molecule has 0 saturated heterocycles. The molecule has 0 unspecified atom stereocenters. The lowest BCUT2D eigenvalue weighted by Gasteiger charge is -2.11. The average molecular weight is 359 g/mol. The molecule has 2 heterocycles. The minimum Gasteiger partial charge on any atom is -0.487 e. The second-order valence-electron chi connectivity index (χ2n) is 5.64. The van der Waals surface area contributed by atoms with Crippen LogP contribution in [0, 0.1) is 12.7 Å². The fraction of sp³-hybridized carbons (Fsp3) is 0.294. The zero-order valence-electron chi connectivity index (χ0n) is 14.3. The molecule has 1 amide bonds. The van der Waals surface area contributed by atoms with E-state index in [-0.39, 0.29) is 24.0 Å². The molecule has 8 nitrogen and oxygen atoms in total. The van der Waals surface area contributed by atoms with Crippen LogP contribution in [0.3, 0.4) is 0 Å². The molecule has 0 bridgehead atoms. The first kappa shape index (κ1) is 17.6. The lowest BCUT2D eigenvalue weighted by molar-refractivity contribution is 0.0922. The predicted octanol–water partition coefficient (Wildman–Crippen LogP) is 2.70. The second-order valence-corrected chi connectivity index (χ2v) is 5.64. The second kappa shape index (κ2) is 7.77. The van der Waals surface area contributed by atoms with Gasteiger partial charge in [0.15, 0.2) is 5.82 Å². The van der Waals surface area contributed by atoms with Crippen molar-refractivity contribution in [1.82, 2.24) is 25.7 Å². The van der Waals surface area contributed by atoms with Gasteiger partial charge in [-0.1, -0.05) is 18.1 Å². The summed E-state index contributed by atoms with van der Waals surface area (Å²) in [7, 11) is 0. The average Bonchev–Trinajstić information content (AvgIpc) is 3.27. The Morgan fingerprint density at radius 2 is 2.27 bits per heavy atom. The van der Waals surface area contributed by atoms with E-state index in [0.29, 0.717) is 29.6 Å². The number of hydrogen-bond acceptors (Lipinski definition) is 6. The molecule has 0 spiro atoms. The number of hydrogen-bond donors (Lipinski definition) is 2. The van der Waals surface area contributed by atoms with E-state index in [0.717, 1.165) is 0 Å². The highest BCUT2D eigenvalue weighted by Gasteiger charge is 2.21. The summed E-state index contributed by atoms with van der Waals surface area (Å²) in [5, 5.41) is 13.2. The van der Waals surface area contributed by atoms with Crippen molar-refractivity contribution in [1.29, 1.82) is 0 Å². The zero-order chi connectivity index (χ0) is 18.5. The third kappa shape index (κ3) is 4.24. The number of aryl methyl sites for hydroxylation is 1. The van der Waals surface area contributed by atoms with E-state index in [2.05, 4.69) is 25.7 Å². The van der Waals surface area contributed by atoms with Gasteiger partial charge in [-0.15, -0.1) is 0 Å². The van der Waals surface area contributed by atoms with Crippen molar-refractivity contribution in [3.05, 3.63) is 59.3 Å². The first-order valence-corrected chi connectivity index (χ1v) is 8.09. The first-order chi connectivity index (χ1) is 12.5. The summed E-state index contributed by atoms with van der Waals surface area (Å²) in [6.07, 6.45) is 0.591. The van der Waals surface area contributed by atoms with Crippen LogP contribution in [0.2, 0.25) is 0 Å². The molecule has 0 aliphatic rings. The van der Waals surface area contributed by atoms with Crippen molar-refractivity contribution in [2.24, 2.45) is 0 Å². The van der Waals surface area contributed by atoms with Crippen molar-refractivity contribution in [3.63, 3.8) is 0 Å². The molecule has 0 saturated carbocycles. The number of aromatic amines is 1. The molecule has 136 valence electrons. The number of aromatic nitrogens is 4. The van der Waals surface area contributed by atoms with Crippen molar-refractivity contribution in [3.8, 4) is 5.75 Å². The van der Waals surface area contributed by atoms with Gasteiger partial charge < -0.3 is 14.6 Å². The first-order valence-electron chi connectivity index (χ1n) is 8.09. The molecule has 2 aromatic heterocycles. The summed E-state index contributed by atoms with van der Waals surface area (Å²) >= 11 is 0. The highest BCUT2D eigenvalue weighted by molar-refractivity contribution is 5.92. The van der Waals surface area contributed by atoms with Crippen LogP contribution in [0.15, 0.2) is 34.9 Å². The van der Waals surface area contributed by atoms with Gasteiger partial charge >= 0.3 is 0 Å². The third-order valence-electron chi connectivity index (χ3n) is 3.61. The van der Waals surface area contributed by atoms with Gasteiger partial charge in [-0.25, -0.2) is 4.39 Å². The Bertz CT molecular complexity index is 892. The topological polar surface area (TPSA) is 106 Å². The van der Waals surface area contributed by atoms with Crippen molar-refractivity contribution >= 4 is 5.91 Å². The zero-order valence-corrected chi connectivity index (χ0v) is 14.3. The van der Waals surface area contributed by atoms with Gasteiger partial charge in [0.05, 0.1) is 5.69 Å². The molecule has 2 N–H and O–H groups in total. The van der Waals surface area contributed by atoms with Crippen LogP contribution in [-0.2, 0) is 6.61 Å². The molecule has 1 atom stereocenters. The summed E-state index contributed by atoms with van der Waals surface area (Å²) in [5.74, 6) is 0.492. The Kier molecular flexibility index (Phi) is 5.26. The van der Waals surface area contributed by atoms with Crippen molar-refractivity contribution in [2.75, 3.05) is 0 Å². The Labute approximate surface area is 148 Å². The maximum absolute atomic E-state index is 13.1. The van der Waals surface area contributed by atoms with E-state index < -0.39 is 6.04 Å². The maximum Gasteiger partial charge on any atom is 0.272 e. The maximum atomic E-state index is 13.1. The minimum absolute atomic E-state index is 0.129. The van der Waals surface area contributed by atoms with Crippen LogP contribution < -0.4 is 10.1 Å². The largest absolute Gasteiger partial charge is 0.487 e. The molecular formula is C17H18FN5O3. The Hall–Kier alpha value is -3.23. The van der Waals surface area contributed by atoms with Gasteiger partial charge in [-0.05, 0) is 31.5 Å². The van der Waals surface area contributed by atoms with Gasteiger partial charge in [0.1, 0.15) is 29.9 Å². The summed E-state index contributed by atoms with van der Waals surface area (Å²) in [6.45, 7) is 3.73. The number of halogens is 1. The Morgan fingerprint density at radius 1 is 1.42 bits per heavy atom. The Morgan fingerprint density at radius 3 is 2.96 bits per heavy atom. The van der Waals surface area contributed by atoms with Crippen LogP contribution in [-0.4, -0.2) is 26.2 Å². The van der Waals surface area contributed by atoms with Crippen molar-refractivity contribution < 1.29 is 18.4 Å². The molecule has 0 radical (unpaired) electrons. The smallest absolute Gasteiger partial charge is 0.272 e. The number of carbonyl (C=O) groups is 1.